The largest absolute Gasteiger partial charge is 0.361 e. The molecule has 0 fully saturated rings. The summed E-state index contributed by atoms with van der Waals surface area (Å²) in [4.78, 5) is 3.20. The van der Waals surface area contributed by atoms with Crippen molar-refractivity contribution in [2.75, 3.05) is 0 Å². The van der Waals surface area contributed by atoms with Crippen molar-refractivity contribution in [2.45, 2.75) is 13.3 Å². The summed E-state index contributed by atoms with van der Waals surface area (Å²) in [5.74, 6) is 0. The second-order valence-electron chi connectivity index (χ2n) is 2.47. The van der Waals surface area contributed by atoms with Crippen LogP contribution in [-0.2, 0) is 6.42 Å². The van der Waals surface area contributed by atoms with Crippen LogP contribution in [-0.4, -0.2) is 4.98 Å². The molecule has 9 heavy (non-hydrogen) atoms. The molecule has 1 aromatic heterocycles. The van der Waals surface area contributed by atoms with Gasteiger partial charge in [-0.25, -0.2) is 0 Å². The summed E-state index contributed by atoms with van der Waals surface area (Å²) in [5.41, 5.74) is 4.15. The first kappa shape index (κ1) is 4.86. The molecule has 1 heterocycles. The van der Waals surface area contributed by atoms with Crippen molar-refractivity contribution in [3.8, 4) is 0 Å². The first-order valence-corrected chi connectivity index (χ1v) is 3.21. The Morgan fingerprint density at radius 3 is 3.22 bits per heavy atom. The topological polar surface area (TPSA) is 15.8 Å². The zero-order valence-electron chi connectivity index (χ0n) is 5.44. The molecule has 0 saturated heterocycles. The van der Waals surface area contributed by atoms with Gasteiger partial charge in [-0.2, -0.15) is 0 Å². The van der Waals surface area contributed by atoms with E-state index in [0.717, 1.165) is 6.42 Å². The predicted octanol–water partition coefficient (Wildman–Crippen LogP) is 1.89. The first-order chi connectivity index (χ1) is 4.38. The van der Waals surface area contributed by atoms with Crippen molar-refractivity contribution in [3.05, 3.63) is 29.1 Å². The van der Waals surface area contributed by atoms with E-state index in [4.69, 9.17) is 0 Å². The molecular formula is C8H9N. The van der Waals surface area contributed by atoms with Crippen molar-refractivity contribution in [3.63, 3.8) is 0 Å². The SMILES string of the molecule is Cc1c[nH]c2c1CC=C2. The Bertz CT molecular complexity index is 256. The molecule has 0 atom stereocenters. The van der Waals surface area contributed by atoms with Gasteiger partial charge in [0.2, 0.25) is 0 Å². The Kier molecular flexibility index (Phi) is 0.810. The van der Waals surface area contributed by atoms with E-state index in [1.807, 2.05) is 0 Å². The monoisotopic (exact) mass is 119 g/mol. The minimum Gasteiger partial charge on any atom is -0.361 e. The van der Waals surface area contributed by atoms with Crippen LogP contribution in [0.4, 0.5) is 0 Å². The first-order valence-electron chi connectivity index (χ1n) is 3.21. The summed E-state index contributed by atoms with van der Waals surface area (Å²) in [6, 6.07) is 0. The smallest absolute Gasteiger partial charge is 0.0415 e. The van der Waals surface area contributed by atoms with E-state index in [1.165, 1.54) is 16.8 Å². The number of H-pyrrole nitrogens is 1. The molecule has 0 radical (unpaired) electrons. The number of allylic oxidation sites excluding steroid dienone is 1. The molecule has 0 bridgehead atoms. The van der Waals surface area contributed by atoms with E-state index >= 15 is 0 Å². The third-order valence-electron chi connectivity index (χ3n) is 1.85. The molecule has 1 nitrogen and oxygen atoms in total. The Morgan fingerprint density at radius 1 is 1.56 bits per heavy atom. The molecule has 1 N–H and O–H groups in total. The number of fused-ring (bicyclic) bond motifs is 1. The molecule has 2 rings (SSSR count). The van der Waals surface area contributed by atoms with Crippen LogP contribution in [0.15, 0.2) is 12.3 Å². The average molecular weight is 119 g/mol. The summed E-state index contributed by atoms with van der Waals surface area (Å²) in [6.07, 6.45) is 7.51. The Hall–Kier alpha value is -0.980. The summed E-state index contributed by atoms with van der Waals surface area (Å²) in [5, 5.41) is 0. The van der Waals surface area contributed by atoms with E-state index in [1.54, 1.807) is 0 Å². The van der Waals surface area contributed by atoms with Crippen molar-refractivity contribution in [1.82, 2.24) is 4.98 Å². The molecule has 0 aromatic carbocycles. The maximum atomic E-state index is 3.20. The highest BCUT2D eigenvalue weighted by molar-refractivity contribution is 5.58. The van der Waals surface area contributed by atoms with Crippen molar-refractivity contribution >= 4 is 6.08 Å². The molecular weight excluding hydrogens is 110 g/mol. The second-order valence-corrected chi connectivity index (χ2v) is 2.47. The third-order valence-corrected chi connectivity index (χ3v) is 1.85. The molecule has 0 amide bonds. The lowest BCUT2D eigenvalue weighted by Gasteiger charge is -1.87. The summed E-state index contributed by atoms with van der Waals surface area (Å²) >= 11 is 0. The van der Waals surface area contributed by atoms with Gasteiger partial charge in [-0.1, -0.05) is 6.08 Å². The molecule has 1 aliphatic carbocycles. The van der Waals surface area contributed by atoms with Crippen LogP contribution < -0.4 is 0 Å². The summed E-state index contributed by atoms with van der Waals surface area (Å²) in [6.45, 7) is 2.14. The van der Waals surface area contributed by atoms with Gasteiger partial charge in [0.1, 0.15) is 0 Å². The summed E-state index contributed by atoms with van der Waals surface area (Å²) < 4.78 is 0. The van der Waals surface area contributed by atoms with Gasteiger partial charge in [0.25, 0.3) is 0 Å². The lowest BCUT2D eigenvalue weighted by atomic mass is 10.2. The molecule has 0 spiro atoms. The minimum absolute atomic E-state index is 1.12. The average Bonchev–Trinajstić information content (AvgIpc) is 2.35. The van der Waals surface area contributed by atoms with Crippen LogP contribution >= 0.6 is 0 Å². The van der Waals surface area contributed by atoms with Crippen molar-refractivity contribution in [2.24, 2.45) is 0 Å². The third kappa shape index (κ3) is 0.545. The minimum atomic E-state index is 1.12. The highest BCUT2D eigenvalue weighted by atomic mass is 14.7. The van der Waals surface area contributed by atoms with Crippen LogP contribution in [0.3, 0.4) is 0 Å². The van der Waals surface area contributed by atoms with Gasteiger partial charge in [-0.3, -0.25) is 0 Å². The van der Waals surface area contributed by atoms with Gasteiger partial charge in [0, 0.05) is 11.9 Å². The number of aromatic amines is 1. The fourth-order valence-electron chi connectivity index (χ4n) is 1.29. The predicted molar refractivity (Wildman–Crippen MR) is 38.3 cm³/mol. The lowest BCUT2D eigenvalue weighted by Crippen LogP contribution is -1.76. The molecule has 0 aliphatic heterocycles. The van der Waals surface area contributed by atoms with Gasteiger partial charge in [-0.15, -0.1) is 0 Å². The van der Waals surface area contributed by atoms with Crippen molar-refractivity contribution < 1.29 is 0 Å². The Labute approximate surface area is 54.4 Å². The maximum Gasteiger partial charge on any atom is 0.0415 e. The number of aromatic nitrogens is 1. The Morgan fingerprint density at radius 2 is 2.44 bits per heavy atom. The maximum absolute atomic E-state index is 3.20. The van der Waals surface area contributed by atoms with E-state index in [-0.39, 0.29) is 0 Å². The standard InChI is InChI=1S/C8H9N/c1-6-5-9-8-4-2-3-7(6)8/h2,4-5,9H,3H2,1H3. The van der Waals surface area contributed by atoms with Crippen molar-refractivity contribution in [1.29, 1.82) is 0 Å². The zero-order chi connectivity index (χ0) is 6.27. The van der Waals surface area contributed by atoms with Crippen LogP contribution in [0.25, 0.3) is 6.08 Å². The molecule has 1 heteroatoms. The Balaban J connectivity index is 2.65. The number of hydrogen-bond acceptors (Lipinski definition) is 0. The van der Waals surface area contributed by atoms with Crippen LogP contribution in [0.2, 0.25) is 0 Å². The fourth-order valence-corrected chi connectivity index (χ4v) is 1.29. The molecule has 46 valence electrons. The van der Waals surface area contributed by atoms with E-state index < -0.39 is 0 Å². The zero-order valence-corrected chi connectivity index (χ0v) is 5.44. The number of rotatable bonds is 0. The molecule has 1 aromatic rings. The molecule has 0 unspecified atom stereocenters. The van der Waals surface area contributed by atoms with E-state index in [2.05, 4.69) is 30.3 Å². The van der Waals surface area contributed by atoms with Gasteiger partial charge in [0.05, 0.1) is 0 Å². The highest BCUT2D eigenvalue weighted by Crippen LogP contribution is 2.20. The van der Waals surface area contributed by atoms with E-state index in [9.17, 15) is 0 Å². The van der Waals surface area contributed by atoms with Crippen LogP contribution in [0, 0.1) is 6.92 Å². The number of hydrogen-bond donors (Lipinski definition) is 1. The number of nitrogens with one attached hydrogen (secondary N) is 1. The summed E-state index contributed by atoms with van der Waals surface area (Å²) in [7, 11) is 0. The normalized spacial score (nSPS) is 14.3. The quantitative estimate of drug-likeness (QED) is 0.536. The van der Waals surface area contributed by atoms with Gasteiger partial charge in [-0.05, 0) is 30.5 Å². The molecule has 0 saturated carbocycles. The van der Waals surface area contributed by atoms with E-state index in [0.29, 0.717) is 0 Å². The number of aryl methyl sites for hydroxylation is 1. The van der Waals surface area contributed by atoms with Crippen LogP contribution in [0.5, 0.6) is 0 Å². The van der Waals surface area contributed by atoms with Gasteiger partial charge in [0.15, 0.2) is 0 Å². The molecule has 1 aliphatic rings. The fraction of sp³-hybridized carbons (Fsp3) is 0.250. The van der Waals surface area contributed by atoms with Crippen LogP contribution in [0.1, 0.15) is 16.8 Å². The second kappa shape index (κ2) is 1.50. The van der Waals surface area contributed by atoms with Gasteiger partial charge < -0.3 is 4.98 Å². The van der Waals surface area contributed by atoms with Gasteiger partial charge >= 0.3 is 0 Å². The lowest BCUT2D eigenvalue weighted by molar-refractivity contribution is 1.27. The highest BCUT2D eigenvalue weighted by Gasteiger charge is 2.07.